The van der Waals surface area contributed by atoms with Crippen molar-refractivity contribution in [2.24, 2.45) is 4.99 Å². The lowest BCUT2D eigenvalue weighted by molar-refractivity contribution is -0.139. The summed E-state index contributed by atoms with van der Waals surface area (Å²) in [6.07, 6.45) is 1.78. The van der Waals surface area contributed by atoms with Crippen LogP contribution in [-0.4, -0.2) is 38.5 Å². The topological polar surface area (TPSA) is 88.4 Å². The Balaban J connectivity index is 1.91. The fourth-order valence-corrected chi connectivity index (χ4v) is 5.03. The SMILES string of the molecule is CCOC(=O)C1=C(C)N=c2sc(=Cc3ccc(OC)c(OC)c3)c(=O)n2C1c1ccc(OC)cc1. The molecule has 0 amide bonds. The van der Waals surface area contributed by atoms with E-state index in [0.717, 1.165) is 11.1 Å². The molecule has 4 rings (SSSR count). The molecule has 1 unspecified atom stereocenters. The third-order valence-corrected chi connectivity index (χ3v) is 6.64. The molecule has 1 aromatic heterocycles. The normalized spacial score (nSPS) is 15.3. The lowest BCUT2D eigenvalue weighted by Crippen LogP contribution is -2.39. The molecule has 35 heavy (non-hydrogen) atoms. The summed E-state index contributed by atoms with van der Waals surface area (Å²) in [4.78, 5) is 31.7. The van der Waals surface area contributed by atoms with Crippen LogP contribution in [0.5, 0.6) is 17.2 Å². The summed E-state index contributed by atoms with van der Waals surface area (Å²) in [6, 6.07) is 12.0. The Morgan fingerprint density at radius 2 is 1.77 bits per heavy atom. The summed E-state index contributed by atoms with van der Waals surface area (Å²) in [7, 11) is 4.71. The summed E-state index contributed by atoms with van der Waals surface area (Å²) in [5, 5.41) is 0. The predicted molar refractivity (Wildman–Crippen MR) is 133 cm³/mol. The van der Waals surface area contributed by atoms with Crippen LogP contribution < -0.4 is 29.1 Å². The number of ether oxygens (including phenoxy) is 4. The molecule has 0 bridgehead atoms. The maximum absolute atomic E-state index is 13.7. The lowest BCUT2D eigenvalue weighted by Gasteiger charge is -2.24. The van der Waals surface area contributed by atoms with Gasteiger partial charge in [-0.3, -0.25) is 9.36 Å². The van der Waals surface area contributed by atoms with E-state index in [1.54, 1.807) is 70.1 Å². The van der Waals surface area contributed by atoms with Crippen molar-refractivity contribution in [3.63, 3.8) is 0 Å². The van der Waals surface area contributed by atoms with Crippen LogP contribution in [0, 0.1) is 0 Å². The molecule has 8 nitrogen and oxygen atoms in total. The number of allylic oxidation sites excluding steroid dienone is 1. The largest absolute Gasteiger partial charge is 0.497 e. The Bertz CT molecular complexity index is 1470. The number of carbonyl (C=O) groups is 1. The molecule has 0 radical (unpaired) electrons. The molecule has 2 heterocycles. The maximum atomic E-state index is 13.7. The van der Waals surface area contributed by atoms with Crippen molar-refractivity contribution in [2.75, 3.05) is 27.9 Å². The van der Waals surface area contributed by atoms with Crippen LogP contribution >= 0.6 is 11.3 Å². The first kappa shape index (κ1) is 24.3. The minimum absolute atomic E-state index is 0.217. The minimum atomic E-state index is -0.677. The van der Waals surface area contributed by atoms with E-state index < -0.39 is 12.0 Å². The second-order valence-corrected chi connectivity index (χ2v) is 8.70. The number of thiazole rings is 1. The van der Waals surface area contributed by atoms with Crippen molar-refractivity contribution in [2.45, 2.75) is 19.9 Å². The summed E-state index contributed by atoms with van der Waals surface area (Å²) in [6.45, 7) is 3.72. The van der Waals surface area contributed by atoms with Crippen molar-refractivity contribution < 1.29 is 23.7 Å². The Kier molecular flexibility index (Phi) is 7.07. The van der Waals surface area contributed by atoms with Crippen LogP contribution in [0.3, 0.4) is 0 Å². The number of esters is 1. The van der Waals surface area contributed by atoms with Gasteiger partial charge in [0.15, 0.2) is 16.3 Å². The molecule has 3 aromatic rings. The Morgan fingerprint density at radius 3 is 2.40 bits per heavy atom. The standard InChI is InChI=1S/C26H26N2O6S/c1-6-34-25(30)22-15(2)27-26-28(23(22)17-8-10-18(31-3)11-9-17)24(29)21(35-26)14-16-7-12-19(32-4)20(13-16)33-5/h7-14,23H,6H2,1-5H3. The number of fused-ring (bicyclic) bond motifs is 1. The first-order valence-electron chi connectivity index (χ1n) is 11.0. The van der Waals surface area contributed by atoms with Gasteiger partial charge in [-0.25, -0.2) is 9.79 Å². The highest BCUT2D eigenvalue weighted by Gasteiger charge is 2.33. The van der Waals surface area contributed by atoms with Gasteiger partial charge < -0.3 is 18.9 Å². The van der Waals surface area contributed by atoms with Crippen molar-refractivity contribution >= 4 is 23.4 Å². The molecule has 2 aromatic carbocycles. The van der Waals surface area contributed by atoms with Crippen LogP contribution in [0.25, 0.3) is 6.08 Å². The second kappa shape index (κ2) is 10.2. The molecule has 1 aliphatic rings. The molecule has 9 heteroatoms. The highest BCUT2D eigenvalue weighted by molar-refractivity contribution is 7.07. The third kappa shape index (κ3) is 4.59. The van der Waals surface area contributed by atoms with Crippen LogP contribution in [0.4, 0.5) is 0 Å². The van der Waals surface area contributed by atoms with Gasteiger partial charge in [0, 0.05) is 0 Å². The maximum Gasteiger partial charge on any atom is 0.338 e. The zero-order valence-electron chi connectivity index (χ0n) is 20.2. The lowest BCUT2D eigenvalue weighted by atomic mass is 9.96. The van der Waals surface area contributed by atoms with E-state index in [4.69, 9.17) is 18.9 Å². The Morgan fingerprint density at radius 1 is 1.06 bits per heavy atom. The van der Waals surface area contributed by atoms with Gasteiger partial charge >= 0.3 is 5.97 Å². The molecule has 0 spiro atoms. The number of rotatable bonds is 7. The van der Waals surface area contributed by atoms with Crippen molar-refractivity contribution in [3.8, 4) is 17.2 Å². The molecular formula is C26H26N2O6S. The van der Waals surface area contributed by atoms with Gasteiger partial charge in [0.25, 0.3) is 5.56 Å². The summed E-state index contributed by atoms with van der Waals surface area (Å²) in [5.41, 5.74) is 2.13. The summed E-state index contributed by atoms with van der Waals surface area (Å²) < 4.78 is 23.3. The summed E-state index contributed by atoms with van der Waals surface area (Å²) >= 11 is 1.26. The number of methoxy groups -OCH3 is 3. The molecule has 1 atom stereocenters. The number of benzene rings is 2. The second-order valence-electron chi connectivity index (χ2n) is 7.69. The zero-order valence-corrected chi connectivity index (χ0v) is 21.0. The van der Waals surface area contributed by atoms with E-state index in [1.165, 1.54) is 11.3 Å². The van der Waals surface area contributed by atoms with Gasteiger partial charge in [0.05, 0.1) is 49.8 Å². The Hall–Kier alpha value is -3.85. The van der Waals surface area contributed by atoms with Crippen molar-refractivity contribution in [1.82, 2.24) is 4.57 Å². The molecule has 0 aliphatic carbocycles. The van der Waals surface area contributed by atoms with Gasteiger partial charge in [-0.05, 0) is 55.3 Å². The highest BCUT2D eigenvalue weighted by Crippen LogP contribution is 2.32. The molecule has 0 fully saturated rings. The van der Waals surface area contributed by atoms with E-state index in [9.17, 15) is 9.59 Å². The van der Waals surface area contributed by atoms with Gasteiger partial charge in [-0.2, -0.15) is 0 Å². The van der Waals surface area contributed by atoms with E-state index in [-0.39, 0.29) is 12.2 Å². The first-order chi connectivity index (χ1) is 16.9. The molecule has 0 N–H and O–H groups in total. The number of hydrogen-bond acceptors (Lipinski definition) is 8. The molecule has 0 saturated heterocycles. The molecular weight excluding hydrogens is 468 g/mol. The van der Waals surface area contributed by atoms with Crippen LogP contribution in [0.15, 0.2) is 63.5 Å². The fraction of sp³-hybridized carbons (Fsp3) is 0.269. The van der Waals surface area contributed by atoms with E-state index in [1.807, 2.05) is 18.2 Å². The van der Waals surface area contributed by atoms with Crippen molar-refractivity contribution in [1.29, 1.82) is 0 Å². The van der Waals surface area contributed by atoms with Crippen LogP contribution in [0.2, 0.25) is 0 Å². The average Bonchev–Trinajstić information content (AvgIpc) is 3.17. The molecule has 182 valence electrons. The number of hydrogen-bond donors (Lipinski definition) is 0. The predicted octanol–water partition coefficient (Wildman–Crippen LogP) is 2.82. The average molecular weight is 495 g/mol. The first-order valence-corrected chi connectivity index (χ1v) is 11.8. The van der Waals surface area contributed by atoms with Crippen LogP contribution in [0.1, 0.15) is 31.0 Å². The number of nitrogens with zero attached hydrogens (tertiary/aromatic N) is 2. The Labute approximate surface area is 206 Å². The minimum Gasteiger partial charge on any atom is -0.497 e. The van der Waals surface area contributed by atoms with E-state index >= 15 is 0 Å². The van der Waals surface area contributed by atoms with Gasteiger partial charge in [0.2, 0.25) is 0 Å². The fourth-order valence-electron chi connectivity index (χ4n) is 3.99. The summed E-state index contributed by atoms with van der Waals surface area (Å²) in [5.74, 6) is 1.34. The monoisotopic (exact) mass is 494 g/mol. The number of carbonyl (C=O) groups excluding carboxylic acids is 1. The zero-order chi connectivity index (χ0) is 25.1. The number of aromatic nitrogens is 1. The molecule has 0 saturated carbocycles. The van der Waals surface area contributed by atoms with Gasteiger partial charge in [0.1, 0.15) is 5.75 Å². The molecule has 1 aliphatic heterocycles. The van der Waals surface area contributed by atoms with E-state index in [0.29, 0.717) is 37.9 Å². The van der Waals surface area contributed by atoms with Gasteiger partial charge in [-0.1, -0.05) is 29.5 Å². The quantitative estimate of drug-likeness (QED) is 0.470. The van der Waals surface area contributed by atoms with Crippen LogP contribution in [-0.2, 0) is 9.53 Å². The van der Waals surface area contributed by atoms with E-state index in [2.05, 4.69) is 4.99 Å². The van der Waals surface area contributed by atoms with Gasteiger partial charge in [-0.15, -0.1) is 0 Å². The third-order valence-electron chi connectivity index (χ3n) is 5.65. The van der Waals surface area contributed by atoms with Crippen molar-refractivity contribution in [3.05, 3.63) is 84.5 Å². The smallest absolute Gasteiger partial charge is 0.338 e. The highest BCUT2D eigenvalue weighted by atomic mass is 32.1.